The molecule has 0 spiro atoms. The molecule has 1 aromatic rings. The topological polar surface area (TPSA) is 46.9 Å². The second-order valence-corrected chi connectivity index (χ2v) is 5.70. The van der Waals surface area contributed by atoms with Crippen molar-refractivity contribution in [2.24, 2.45) is 0 Å². The molecule has 1 aliphatic carbocycles. The number of rotatable bonds is 5. The van der Waals surface area contributed by atoms with E-state index < -0.39 is 5.54 Å². The van der Waals surface area contributed by atoms with Crippen molar-refractivity contribution < 1.29 is 4.79 Å². The van der Waals surface area contributed by atoms with E-state index in [4.69, 9.17) is 0 Å². The lowest BCUT2D eigenvalue weighted by molar-refractivity contribution is -0.130. The molecule has 0 unspecified atom stereocenters. The second-order valence-electron chi connectivity index (χ2n) is 5.70. The van der Waals surface area contributed by atoms with E-state index in [1.54, 1.807) is 4.68 Å². The molecule has 0 saturated heterocycles. The molecule has 18 heavy (non-hydrogen) atoms. The molecule has 1 aliphatic rings. The predicted molar refractivity (Wildman–Crippen MR) is 71.3 cm³/mol. The van der Waals surface area contributed by atoms with Gasteiger partial charge in [-0.25, -0.2) is 0 Å². The minimum atomic E-state index is -0.610. The molecular weight excluding hydrogens is 226 g/mol. The van der Waals surface area contributed by atoms with Gasteiger partial charge in [0.15, 0.2) is 0 Å². The summed E-state index contributed by atoms with van der Waals surface area (Å²) in [6.45, 7) is 5.99. The third-order valence-corrected chi connectivity index (χ3v) is 3.74. The van der Waals surface area contributed by atoms with Crippen molar-refractivity contribution in [3.05, 3.63) is 18.0 Å². The highest BCUT2D eigenvalue weighted by Crippen LogP contribution is 2.21. The Labute approximate surface area is 109 Å². The Morgan fingerprint density at radius 1 is 1.56 bits per heavy atom. The van der Waals surface area contributed by atoms with Gasteiger partial charge in [0.25, 0.3) is 0 Å². The molecule has 0 atom stereocenters. The van der Waals surface area contributed by atoms with Crippen molar-refractivity contribution in [2.45, 2.75) is 64.5 Å². The Kier molecular flexibility index (Phi) is 3.73. The number of amides is 1. The Morgan fingerprint density at radius 3 is 2.83 bits per heavy atom. The zero-order valence-corrected chi connectivity index (χ0v) is 11.6. The van der Waals surface area contributed by atoms with Crippen molar-refractivity contribution in [3.63, 3.8) is 0 Å². The Morgan fingerprint density at radius 2 is 2.28 bits per heavy atom. The predicted octanol–water partition coefficient (Wildman–Crippen LogP) is 2.24. The van der Waals surface area contributed by atoms with Crippen LogP contribution >= 0.6 is 0 Å². The van der Waals surface area contributed by atoms with E-state index in [-0.39, 0.29) is 5.91 Å². The van der Waals surface area contributed by atoms with E-state index in [0.29, 0.717) is 6.04 Å². The second kappa shape index (κ2) is 5.12. The third-order valence-electron chi connectivity index (χ3n) is 3.74. The summed E-state index contributed by atoms with van der Waals surface area (Å²) in [5, 5.41) is 7.43. The highest BCUT2D eigenvalue weighted by molar-refractivity contribution is 5.83. The average Bonchev–Trinajstić information content (AvgIpc) is 2.72. The zero-order valence-electron chi connectivity index (χ0n) is 11.6. The van der Waals surface area contributed by atoms with Crippen LogP contribution in [0.5, 0.6) is 0 Å². The van der Waals surface area contributed by atoms with Crippen LogP contribution in [-0.2, 0) is 16.8 Å². The van der Waals surface area contributed by atoms with Crippen LogP contribution in [0.25, 0.3) is 0 Å². The Bertz CT molecular complexity index is 418. The molecular formula is C14H23N3O. The van der Waals surface area contributed by atoms with Gasteiger partial charge in [0.05, 0.1) is 6.20 Å². The number of aryl methyl sites for hydroxylation is 1. The van der Waals surface area contributed by atoms with Crippen LogP contribution in [0.3, 0.4) is 0 Å². The monoisotopic (exact) mass is 249 g/mol. The molecule has 2 rings (SSSR count). The van der Waals surface area contributed by atoms with Crippen LogP contribution in [-0.4, -0.2) is 21.7 Å². The standard InChI is InChI=1S/C14H23N3O/c1-4-6-11-9-15-17(10-11)14(2,3)13(18)16-12-7-5-8-12/h9-10,12H,4-8H2,1-3H3,(H,16,18). The number of nitrogens with one attached hydrogen (secondary N) is 1. The first-order chi connectivity index (χ1) is 8.54. The van der Waals surface area contributed by atoms with Crippen molar-refractivity contribution in [2.75, 3.05) is 0 Å². The largest absolute Gasteiger partial charge is 0.351 e. The lowest BCUT2D eigenvalue weighted by Gasteiger charge is -2.31. The van der Waals surface area contributed by atoms with Crippen LogP contribution in [0.15, 0.2) is 12.4 Å². The molecule has 1 saturated carbocycles. The minimum Gasteiger partial charge on any atom is -0.351 e. The first kappa shape index (κ1) is 13.1. The van der Waals surface area contributed by atoms with Gasteiger partial charge in [-0.15, -0.1) is 0 Å². The maximum absolute atomic E-state index is 12.3. The smallest absolute Gasteiger partial charge is 0.247 e. The number of nitrogens with zero attached hydrogens (tertiary/aromatic N) is 2. The summed E-state index contributed by atoms with van der Waals surface area (Å²) in [6, 6.07) is 0.377. The van der Waals surface area contributed by atoms with E-state index in [2.05, 4.69) is 17.3 Å². The number of aromatic nitrogens is 2. The molecule has 1 N–H and O–H groups in total. The zero-order chi connectivity index (χ0) is 13.2. The fourth-order valence-electron chi connectivity index (χ4n) is 2.10. The average molecular weight is 249 g/mol. The molecule has 1 amide bonds. The van der Waals surface area contributed by atoms with Crippen LogP contribution in [0.4, 0.5) is 0 Å². The van der Waals surface area contributed by atoms with Crippen LogP contribution < -0.4 is 5.32 Å². The maximum Gasteiger partial charge on any atom is 0.247 e. The van der Waals surface area contributed by atoms with E-state index in [1.165, 1.54) is 12.0 Å². The van der Waals surface area contributed by atoms with Gasteiger partial charge in [-0.3, -0.25) is 9.48 Å². The van der Waals surface area contributed by atoms with Gasteiger partial charge >= 0.3 is 0 Å². The van der Waals surface area contributed by atoms with Gasteiger partial charge in [0, 0.05) is 12.2 Å². The summed E-state index contributed by atoms with van der Waals surface area (Å²) >= 11 is 0. The fraction of sp³-hybridized carbons (Fsp3) is 0.714. The summed E-state index contributed by atoms with van der Waals surface area (Å²) in [7, 11) is 0. The molecule has 4 heteroatoms. The maximum atomic E-state index is 12.3. The van der Waals surface area contributed by atoms with Crippen LogP contribution in [0.1, 0.15) is 52.0 Å². The number of hydrogen-bond donors (Lipinski definition) is 1. The normalized spacial score (nSPS) is 16.4. The molecule has 0 aliphatic heterocycles. The quantitative estimate of drug-likeness (QED) is 0.870. The third kappa shape index (κ3) is 2.57. The van der Waals surface area contributed by atoms with E-state index in [1.807, 2.05) is 26.2 Å². The van der Waals surface area contributed by atoms with Gasteiger partial charge in [-0.1, -0.05) is 13.3 Å². The van der Waals surface area contributed by atoms with Gasteiger partial charge in [0.1, 0.15) is 5.54 Å². The molecule has 100 valence electrons. The van der Waals surface area contributed by atoms with Crippen molar-refractivity contribution in [3.8, 4) is 0 Å². The summed E-state index contributed by atoms with van der Waals surface area (Å²) in [5.74, 6) is 0.0679. The number of hydrogen-bond acceptors (Lipinski definition) is 2. The molecule has 1 aromatic heterocycles. The highest BCUT2D eigenvalue weighted by atomic mass is 16.2. The summed E-state index contributed by atoms with van der Waals surface area (Å²) in [5.41, 5.74) is 0.587. The van der Waals surface area contributed by atoms with Crippen molar-refractivity contribution in [1.82, 2.24) is 15.1 Å². The molecule has 4 nitrogen and oxygen atoms in total. The van der Waals surface area contributed by atoms with Gasteiger partial charge in [0.2, 0.25) is 5.91 Å². The highest BCUT2D eigenvalue weighted by Gasteiger charge is 2.33. The molecule has 0 bridgehead atoms. The van der Waals surface area contributed by atoms with Gasteiger partial charge in [-0.05, 0) is 45.1 Å². The van der Waals surface area contributed by atoms with Crippen molar-refractivity contribution >= 4 is 5.91 Å². The Hall–Kier alpha value is -1.32. The van der Waals surface area contributed by atoms with Crippen LogP contribution in [0.2, 0.25) is 0 Å². The van der Waals surface area contributed by atoms with Crippen molar-refractivity contribution in [1.29, 1.82) is 0 Å². The first-order valence-corrected chi connectivity index (χ1v) is 6.89. The van der Waals surface area contributed by atoms with E-state index in [9.17, 15) is 4.79 Å². The van der Waals surface area contributed by atoms with E-state index in [0.717, 1.165) is 25.7 Å². The summed E-state index contributed by atoms with van der Waals surface area (Å²) in [4.78, 5) is 12.3. The minimum absolute atomic E-state index is 0.0679. The summed E-state index contributed by atoms with van der Waals surface area (Å²) < 4.78 is 1.78. The van der Waals surface area contributed by atoms with Gasteiger partial charge < -0.3 is 5.32 Å². The Balaban J connectivity index is 2.04. The molecule has 1 fully saturated rings. The van der Waals surface area contributed by atoms with E-state index >= 15 is 0 Å². The van der Waals surface area contributed by atoms with Crippen LogP contribution in [0, 0.1) is 0 Å². The lowest BCUT2D eigenvalue weighted by atomic mass is 9.92. The molecule has 1 heterocycles. The molecule has 0 aromatic carbocycles. The summed E-state index contributed by atoms with van der Waals surface area (Å²) in [6.07, 6.45) is 9.42. The number of carbonyl (C=O) groups excluding carboxylic acids is 1. The molecule has 0 radical (unpaired) electrons. The van der Waals surface area contributed by atoms with Gasteiger partial charge in [-0.2, -0.15) is 5.10 Å². The SMILES string of the molecule is CCCc1cnn(C(C)(C)C(=O)NC2CCC2)c1. The first-order valence-electron chi connectivity index (χ1n) is 6.89. The lowest BCUT2D eigenvalue weighted by Crippen LogP contribution is -2.50. The number of carbonyl (C=O) groups is 1. The fourth-order valence-corrected chi connectivity index (χ4v) is 2.10.